The molecule has 0 heterocycles. The SMILES string of the molecule is CCCCCCCCCCCCCCCC(=O)OC(COP(=O)([O-])O)OC(=O)CCCCCCCCCCCCCCC. The summed E-state index contributed by atoms with van der Waals surface area (Å²) >= 11 is 0. The van der Waals surface area contributed by atoms with E-state index in [1.807, 2.05) is 0 Å². The summed E-state index contributed by atoms with van der Waals surface area (Å²) in [7, 11) is -5.04. The molecule has 256 valence electrons. The molecule has 1 atom stereocenters. The van der Waals surface area contributed by atoms with Gasteiger partial charge in [-0.15, -0.1) is 0 Å². The van der Waals surface area contributed by atoms with Crippen LogP contribution in [0.3, 0.4) is 0 Å². The van der Waals surface area contributed by atoms with Gasteiger partial charge in [0.1, 0.15) is 6.61 Å². The van der Waals surface area contributed by atoms with Crippen molar-refractivity contribution in [3.05, 3.63) is 0 Å². The number of phosphoric acid groups is 1. The maximum absolute atomic E-state index is 12.3. The Labute approximate surface area is 264 Å². The first-order chi connectivity index (χ1) is 20.8. The number of unbranched alkanes of at least 4 members (excludes halogenated alkanes) is 24. The predicted octanol–water partition coefficient (Wildman–Crippen LogP) is 9.84. The number of rotatable bonds is 33. The average Bonchev–Trinajstić information content (AvgIpc) is 2.96. The van der Waals surface area contributed by atoms with Crippen molar-refractivity contribution in [3.63, 3.8) is 0 Å². The van der Waals surface area contributed by atoms with E-state index in [2.05, 4.69) is 18.4 Å². The van der Waals surface area contributed by atoms with Crippen molar-refractivity contribution in [2.24, 2.45) is 0 Å². The number of phosphoric ester groups is 1. The highest BCUT2D eigenvalue weighted by atomic mass is 31.2. The molecule has 0 spiro atoms. The van der Waals surface area contributed by atoms with Crippen molar-refractivity contribution in [2.75, 3.05) is 6.61 Å². The summed E-state index contributed by atoms with van der Waals surface area (Å²) in [6, 6.07) is 0. The minimum Gasteiger partial charge on any atom is -0.756 e. The molecule has 9 heteroatoms. The van der Waals surface area contributed by atoms with Gasteiger partial charge in [-0.1, -0.05) is 168 Å². The fraction of sp³-hybridized carbons (Fsp3) is 0.941. The average molecular weight is 634 g/mol. The van der Waals surface area contributed by atoms with E-state index in [1.54, 1.807) is 0 Å². The van der Waals surface area contributed by atoms with Gasteiger partial charge in [0.2, 0.25) is 0 Å². The van der Waals surface area contributed by atoms with E-state index in [1.165, 1.54) is 116 Å². The molecule has 0 aromatic rings. The molecule has 0 saturated carbocycles. The molecule has 0 aliphatic rings. The summed E-state index contributed by atoms with van der Waals surface area (Å²) in [6.45, 7) is 3.72. The molecule has 0 aliphatic carbocycles. The number of hydrogen-bond acceptors (Lipinski definition) is 7. The monoisotopic (exact) mass is 633 g/mol. The van der Waals surface area contributed by atoms with Gasteiger partial charge in [-0.3, -0.25) is 14.2 Å². The molecule has 0 aliphatic heterocycles. The first-order valence-electron chi connectivity index (χ1n) is 17.9. The number of esters is 2. The fourth-order valence-corrected chi connectivity index (χ4v) is 5.54. The molecule has 8 nitrogen and oxygen atoms in total. The largest absolute Gasteiger partial charge is 0.756 e. The van der Waals surface area contributed by atoms with Gasteiger partial charge in [-0.2, -0.15) is 0 Å². The summed E-state index contributed by atoms with van der Waals surface area (Å²) in [4.78, 5) is 44.4. The summed E-state index contributed by atoms with van der Waals surface area (Å²) in [6.07, 6.45) is 29.8. The van der Waals surface area contributed by atoms with E-state index in [4.69, 9.17) is 14.4 Å². The highest BCUT2D eigenvalue weighted by molar-refractivity contribution is 7.44. The number of carbonyl (C=O) groups is 2. The van der Waals surface area contributed by atoms with Crippen LogP contribution in [-0.2, 0) is 28.2 Å². The molecular formula is C34H66O8P-. The first kappa shape index (κ1) is 42.0. The van der Waals surface area contributed by atoms with E-state index in [0.717, 1.165) is 38.5 Å². The van der Waals surface area contributed by atoms with Crippen LogP contribution in [0.25, 0.3) is 0 Å². The van der Waals surface area contributed by atoms with Gasteiger partial charge in [-0.25, -0.2) is 0 Å². The van der Waals surface area contributed by atoms with Gasteiger partial charge in [0.05, 0.1) is 0 Å². The Morgan fingerprint density at radius 3 is 1.05 bits per heavy atom. The molecule has 43 heavy (non-hydrogen) atoms. The van der Waals surface area contributed by atoms with E-state index in [9.17, 15) is 19.0 Å². The molecule has 1 N–H and O–H groups in total. The van der Waals surface area contributed by atoms with E-state index < -0.39 is 32.7 Å². The highest BCUT2D eigenvalue weighted by Gasteiger charge is 2.21. The lowest BCUT2D eigenvalue weighted by molar-refractivity contribution is -0.231. The topological polar surface area (TPSA) is 122 Å². The number of carbonyl (C=O) groups excluding carboxylic acids is 2. The quantitative estimate of drug-likeness (QED) is 0.0328. The standard InChI is InChI=1S/C34H67O8P/c1-3-5-7-9-11-13-15-17-19-21-23-25-27-29-32(35)41-34(31-40-43(37,38)39)42-33(36)30-28-26-24-22-20-18-16-14-12-10-8-6-4-2/h34H,3-31H2,1-2H3,(H2,37,38,39)/p-1. The normalized spacial score (nSPS) is 12.9. The van der Waals surface area contributed by atoms with Crippen molar-refractivity contribution >= 4 is 19.8 Å². The molecule has 0 radical (unpaired) electrons. The molecule has 0 aromatic carbocycles. The molecule has 0 aromatic heterocycles. The summed E-state index contributed by atoms with van der Waals surface area (Å²) in [5.74, 6) is -1.16. The molecule has 0 fully saturated rings. The van der Waals surface area contributed by atoms with Crippen molar-refractivity contribution in [3.8, 4) is 0 Å². The van der Waals surface area contributed by atoms with Crippen LogP contribution in [0.15, 0.2) is 0 Å². The zero-order chi connectivity index (χ0) is 31.9. The Hall–Kier alpha value is -0.950. The second-order valence-corrected chi connectivity index (χ2v) is 13.4. The third-order valence-corrected chi connectivity index (χ3v) is 8.34. The lowest BCUT2D eigenvalue weighted by atomic mass is 10.0. The zero-order valence-electron chi connectivity index (χ0n) is 27.8. The molecule has 0 bridgehead atoms. The lowest BCUT2D eigenvalue weighted by Crippen LogP contribution is -2.29. The van der Waals surface area contributed by atoms with Crippen LogP contribution in [-0.4, -0.2) is 29.7 Å². The van der Waals surface area contributed by atoms with Gasteiger partial charge >= 0.3 is 11.9 Å². The van der Waals surface area contributed by atoms with E-state index in [0.29, 0.717) is 12.8 Å². The molecule has 0 amide bonds. The maximum atomic E-state index is 12.3. The fourth-order valence-electron chi connectivity index (χ4n) is 5.23. The molecular weight excluding hydrogens is 567 g/mol. The van der Waals surface area contributed by atoms with Gasteiger partial charge < -0.3 is 23.8 Å². The predicted molar refractivity (Wildman–Crippen MR) is 172 cm³/mol. The second-order valence-electron chi connectivity index (χ2n) is 12.2. The van der Waals surface area contributed by atoms with Crippen LogP contribution >= 0.6 is 7.82 Å². The Kier molecular flexibility index (Phi) is 30.4. The molecule has 0 saturated heterocycles. The smallest absolute Gasteiger partial charge is 0.308 e. The van der Waals surface area contributed by atoms with Crippen LogP contribution in [0.5, 0.6) is 0 Å². The van der Waals surface area contributed by atoms with Crippen LogP contribution in [0.4, 0.5) is 0 Å². The Morgan fingerprint density at radius 1 is 0.535 bits per heavy atom. The second kappa shape index (κ2) is 31.0. The van der Waals surface area contributed by atoms with Crippen LogP contribution in [0.1, 0.15) is 194 Å². The third-order valence-electron chi connectivity index (χ3n) is 7.87. The molecule has 0 rings (SSSR count). The summed E-state index contributed by atoms with van der Waals surface area (Å²) in [5, 5.41) is 0. The van der Waals surface area contributed by atoms with Gasteiger partial charge in [-0.05, 0) is 12.8 Å². The third kappa shape index (κ3) is 33.8. The zero-order valence-corrected chi connectivity index (χ0v) is 28.7. The van der Waals surface area contributed by atoms with Gasteiger partial charge in [0, 0.05) is 12.8 Å². The van der Waals surface area contributed by atoms with Gasteiger partial charge in [0.25, 0.3) is 14.1 Å². The van der Waals surface area contributed by atoms with Crippen molar-refractivity contribution in [1.29, 1.82) is 0 Å². The lowest BCUT2D eigenvalue weighted by Gasteiger charge is -2.22. The van der Waals surface area contributed by atoms with Crippen LogP contribution in [0.2, 0.25) is 0 Å². The summed E-state index contributed by atoms with van der Waals surface area (Å²) < 4.78 is 25.7. The minimum atomic E-state index is -5.04. The highest BCUT2D eigenvalue weighted by Crippen LogP contribution is 2.30. The van der Waals surface area contributed by atoms with Gasteiger partial charge in [0.15, 0.2) is 0 Å². The van der Waals surface area contributed by atoms with Crippen LogP contribution < -0.4 is 4.89 Å². The number of hydrogen-bond donors (Lipinski definition) is 1. The molecule has 1 unspecified atom stereocenters. The maximum Gasteiger partial charge on any atom is 0.308 e. The van der Waals surface area contributed by atoms with Crippen molar-refractivity contribution in [1.82, 2.24) is 0 Å². The Balaban J connectivity index is 3.96. The van der Waals surface area contributed by atoms with Crippen molar-refractivity contribution < 1.29 is 37.9 Å². The Morgan fingerprint density at radius 2 is 0.791 bits per heavy atom. The van der Waals surface area contributed by atoms with Crippen molar-refractivity contribution in [2.45, 2.75) is 200 Å². The Bertz CT molecular complexity index is 637. The van der Waals surface area contributed by atoms with E-state index >= 15 is 0 Å². The summed E-state index contributed by atoms with van der Waals surface area (Å²) in [5.41, 5.74) is 0. The van der Waals surface area contributed by atoms with E-state index in [-0.39, 0.29) is 12.8 Å². The number of ether oxygens (including phenoxy) is 2. The minimum absolute atomic E-state index is 0.152. The first-order valence-corrected chi connectivity index (χ1v) is 19.3. The van der Waals surface area contributed by atoms with Crippen LogP contribution in [0, 0.1) is 0 Å².